The molecule has 1 saturated heterocycles. The summed E-state index contributed by atoms with van der Waals surface area (Å²) in [5.74, 6) is 1.09. The van der Waals surface area contributed by atoms with Gasteiger partial charge in [-0.15, -0.1) is 0 Å². The highest BCUT2D eigenvalue weighted by Gasteiger charge is 2.27. The van der Waals surface area contributed by atoms with Crippen LogP contribution < -0.4 is 10.6 Å². The van der Waals surface area contributed by atoms with Gasteiger partial charge in [-0.05, 0) is 46.8 Å². The van der Waals surface area contributed by atoms with E-state index in [1.807, 2.05) is 18.2 Å². The summed E-state index contributed by atoms with van der Waals surface area (Å²) >= 11 is 3.50. The quantitative estimate of drug-likeness (QED) is 0.377. The molecule has 0 unspecified atom stereocenters. The Balaban J connectivity index is 1.74. The molecule has 0 aromatic heterocycles. The van der Waals surface area contributed by atoms with Crippen LogP contribution >= 0.6 is 15.9 Å². The number of benzene rings is 1. The Morgan fingerprint density at radius 3 is 2.62 bits per heavy atom. The van der Waals surface area contributed by atoms with Gasteiger partial charge in [-0.2, -0.15) is 0 Å². The maximum Gasteiger partial charge on any atom is 0.173 e. The molecule has 1 aromatic carbocycles. The lowest BCUT2D eigenvalue weighted by Crippen LogP contribution is -2.47. The highest BCUT2D eigenvalue weighted by Crippen LogP contribution is 2.31. The smallest absolute Gasteiger partial charge is 0.173 e. The lowest BCUT2D eigenvalue weighted by molar-refractivity contribution is 0.248. The summed E-state index contributed by atoms with van der Waals surface area (Å²) in [6, 6.07) is 5.94. The molecule has 0 amide bonds. The fraction of sp³-hybridized carbons (Fsp3) is 0.533. The molecular formula is C15H21BrN4O. The van der Waals surface area contributed by atoms with Crippen molar-refractivity contribution in [3.8, 4) is 0 Å². The summed E-state index contributed by atoms with van der Waals surface area (Å²) in [4.78, 5) is 4.87. The van der Waals surface area contributed by atoms with E-state index in [0.717, 1.165) is 47.8 Å². The third kappa shape index (κ3) is 3.32. The normalized spacial score (nSPS) is 20.8. The Hall–Kier alpha value is -1.27. The Bertz CT molecular complexity index is 536. The Morgan fingerprint density at radius 2 is 2.00 bits per heavy atom. The first-order valence-corrected chi connectivity index (χ1v) is 8.22. The number of hydrogen-bond donors (Lipinski definition) is 2. The van der Waals surface area contributed by atoms with Crippen molar-refractivity contribution in [1.82, 2.24) is 4.90 Å². The van der Waals surface area contributed by atoms with Crippen LogP contribution in [-0.2, 0) is 0 Å². The average molecular weight is 353 g/mol. The predicted molar refractivity (Wildman–Crippen MR) is 88.0 cm³/mol. The molecule has 1 aliphatic heterocycles. The zero-order chi connectivity index (χ0) is 14.8. The molecule has 2 aliphatic rings. The molecule has 2 fully saturated rings. The zero-order valence-electron chi connectivity index (χ0n) is 12.0. The van der Waals surface area contributed by atoms with E-state index in [-0.39, 0.29) is 5.84 Å². The van der Waals surface area contributed by atoms with Gasteiger partial charge in [0.1, 0.15) is 0 Å². The monoisotopic (exact) mass is 352 g/mol. The zero-order valence-corrected chi connectivity index (χ0v) is 13.6. The molecule has 1 heterocycles. The van der Waals surface area contributed by atoms with Crippen molar-refractivity contribution in [1.29, 1.82) is 0 Å². The van der Waals surface area contributed by atoms with Crippen LogP contribution in [0.5, 0.6) is 0 Å². The van der Waals surface area contributed by atoms with Gasteiger partial charge in [-0.25, -0.2) is 0 Å². The lowest BCUT2D eigenvalue weighted by atomic mass is 10.1. The van der Waals surface area contributed by atoms with Gasteiger partial charge in [0.05, 0.1) is 5.56 Å². The van der Waals surface area contributed by atoms with Gasteiger partial charge < -0.3 is 15.8 Å². The third-order valence-corrected chi connectivity index (χ3v) is 4.94. The minimum Gasteiger partial charge on any atom is -0.409 e. The summed E-state index contributed by atoms with van der Waals surface area (Å²) in [5, 5.41) is 12.2. The van der Waals surface area contributed by atoms with Gasteiger partial charge in [0.2, 0.25) is 0 Å². The van der Waals surface area contributed by atoms with Crippen LogP contribution in [0.15, 0.2) is 27.8 Å². The number of nitrogens with two attached hydrogens (primary N) is 1. The van der Waals surface area contributed by atoms with E-state index in [1.54, 1.807) is 0 Å². The number of amidine groups is 1. The van der Waals surface area contributed by atoms with Crippen LogP contribution in [0.4, 0.5) is 5.69 Å². The number of oxime groups is 1. The van der Waals surface area contributed by atoms with E-state index in [0.29, 0.717) is 0 Å². The number of rotatable bonds is 4. The van der Waals surface area contributed by atoms with Crippen molar-refractivity contribution in [2.45, 2.75) is 12.8 Å². The molecule has 0 radical (unpaired) electrons. The first kappa shape index (κ1) is 14.7. The molecule has 0 bridgehead atoms. The molecule has 3 N–H and O–H groups in total. The second-order valence-electron chi connectivity index (χ2n) is 5.85. The predicted octanol–water partition coefficient (Wildman–Crippen LogP) is 2.08. The summed E-state index contributed by atoms with van der Waals surface area (Å²) < 4.78 is 0.857. The van der Waals surface area contributed by atoms with Crippen LogP contribution in [-0.4, -0.2) is 48.7 Å². The van der Waals surface area contributed by atoms with Gasteiger partial charge in [-0.3, -0.25) is 4.90 Å². The molecule has 5 nitrogen and oxygen atoms in total. The van der Waals surface area contributed by atoms with Gasteiger partial charge in [0.25, 0.3) is 0 Å². The summed E-state index contributed by atoms with van der Waals surface area (Å²) in [6.07, 6.45) is 2.80. The molecule has 21 heavy (non-hydrogen) atoms. The maximum atomic E-state index is 9.00. The van der Waals surface area contributed by atoms with Crippen LogP contribution in [0.25, 0.3) is 0 Å². The molecule has 0 spiro atoms. The Morgan fingerprint density at radius 1 is 1.29 bits per heavy atom. The van der Waals surface area contributed by atoms with Crippen molar-refractivity contribution in [3.05, 3.63) is 28.2 Å². The second-order valence-corrected chi connectivity index (χ2v) is 6.70. The first-order chi connectivity index (χ1) is 10.2. The molecule has 6 heteroatoms. The van der Waals surface area contributed by atoms with E-state index < -0.39 is 0 Å². The number of piperazine rings is 1. The number of hydrogen-bond acceptors (Lipinski definition) is 4. The van der Waals surface area contributed by atoms with Crippen molar-refractivity contribution < 1.29 is 5.21 Å². The van der Waals surface area contributed by atoms with Crippen LogP contribution in [0.2, 0.25) is 0 Å². The van der Waals surface area contributed by atoms with Crippen LogP contribution in [0.3, 0.4) is 0 Å². The van der Waals surface area contributed by atoms with E-state index in [4.69, 9.17) is 10.9 Å². The van der Waals surface area contributed by atoms with Gasteiger partial charge >= 0.3 is 0 Å². The number of anilines is 1. The van der Waals surface area contributed by atoms with Crippen molar-refractivity contribution in [3.63, 3.8) is 0 Å². The molecule has 3 rings (SSSR count). The van der Waals surface area contributed by atoms with Crippen LogP contribution in [0.1, 0.15) is 18.4 Å². The topological polar surface area (TPSA) is 65.1 Å². The van der Waals surface area contributed by atoms with Crippen molar-refractivity contribution in [2.24, 2.45) is 16.8 Å². The second kappa shape index (κ2) is 6.23. The SMILES string of the molecule is N/C(=N/O)c1c(Br)cccc1N1CCN(CC2CC2)CC1. The molecular weight excluding hydrogens is 332 g/mol. The number of nitrogens with zero attached hydrogens (tertiary/aromatic N) is 3. The fourth-order valence-electron chi connectivity index (χ4n) is 2.92. The third-order valence-electron chi connectivity index (χ3n) is 4.28. The molecule has 0 atom stereocenters. The summed E-state index contributed by atoms with van der Waals surface area (Å²) in [6.45, 7) is 5.38. The van der Waals surface area contributed by atoms with E-state index in [2.05, 4.69) is 30.9 Å². The highest BCUT2D eigenvalue weighted by atomic mass is 79.9. The maximum absolute atomic E-state index is 9.00. The molecule has 1 aromatic rings. The summed E-state index contributed by atoms with van der Waals surface area (Å²) in [7, 11) is 0. The molecule has 114 valence electrons. The van der Waals surface area contributed by atoms with E-state index >= 15 is 0 Å². The Kier molecular flexibility index (Phi) is 4.35. The van der Waals surface area contributed by atoms with Crippen LogP contribution in [0, 0.1) is 5.92 Å². The minimum absolute atomic E-state index is 0.151. The number of halogens is 1. The first-order valence-electron chi connectivity index (χ1n) is 7.42. The standard InChI is InChI=1S/C15H21BrN4O/c16-12-2-1-3-13(14(12)15(17)18-21)20-8-6-19(7-9-20)10-11-4-5-11/h1-3,11,21H,4-10H2,(H2,17,18). The summed E-state index contributed by atoms with van der Waals surface area (Å²) in [5.41, 5.74) is 7.64. The highest BCUT2D eigenvalue weighted by molar-refractivity contribution is 9.10. The van der Waals surface area contributed by atoms with E-state index in [1.165, 1.54) is 19.4 Å². The van der Waals surface area contributed by atoms with E-state index in [9.17, 15) is 0 Å². The van der Waals surface area contributed by atoms with Crippen molar-refractivity contribution >= 4 is 27.5 Å². The van der Waals surface area contributed by atoms with Gasteiger partial charge in [-0.1, -0.05) is 11.2 Å². The van der Waals surface area contributed by atoms with Gasteiger partial charge in [0, 0.05) is 42.9 Å². The fourth-order valence-corrected chi connectivity index (χ4v) is 3.48. The Labute approximate surface area is 133 Å². The molecule has 1 aliphatic carbocycles. The minimum atomic E-state index is 0.151. The molecule has 1 saturated carbocycles. The van der Waals surface area contributed by atoms with Crippen molar-refractivity contribution in [2.75, 3.05) is 37.6 Å². The van der Waals surface area contributed by atoms with Gasteiger partial charge in [0.15, 0.2) is 5.84 Å². The largest absolute Gasteiger partial charge is 0.409 e. The lowest BCUT2D eigenvalue weighted by Gasteiger charge is -2.37. The average Bonchev–Trinajstić information content (AvgIpc) is 3.31.